The molecular formula is C12H14N2O. The van der Waals surface area contributed by atoms with E-state index in [9.17, 15) is 4.79 Å². The summed E-state index contributed by atoms with van der Waals surface area (Å²) in [4.78, 5) is 13.2. The van der Waals surface area contributed by atoms with Crippen LogP contribution in [-0.4, -0.2) is 19.0 Å². The number of rotatable bonds is 1. The SMILES string of the molecule is CN1C(=O)Cc2cc(C3CC3N)ccc21. The molecule has 2 aliphatic rings. The van der Waals surface area contributed by atoms with Crippen molar-refractivity contribution in [3.63, 3.8) is 0 Å². The summed E-state index contributed by atoms with van der Waals surface area (Å²) < 4.78 is 0. The van der Waals surface area contributed by atoms with Gasteiger partial charge in [-0.1, -0.05) is 12.1 Å². The van der Waals surface area contributed by atoms with Gasteiger partial charge >= 0.3 is 0 Å². The van der Waals surface area contributed by atoms with Gasteiger partial charge in [-0.05, 0) is 23.6 Å². The normalized spacial score (nSPS) is 28.1. The molecule has 1 heterocycles. The highest BCUT2D eigenvalue weighted by atomic mass is 16.2. The first-order valence-electron chi connectivity index (χ1n) is 5.32. The van der Waals surface area contributed by atoms with Gasteiger partial charge in [-0.3, -0.25) is 4.79 Å². The van der Waals surface area contributed by atoms with Crippen LogP contribution in [0.1, 0.15) is 23.5 Å². The molecule has 3 rings (SSSR count). The molecule has 0 radical (unpaired) electrons. The number of anilines is 1. The molecule has 1 aromatic rings. The monoisotopic (exact) mass is 202 g/mol. The number of fused-ring (bicyclic) bond motifs is 1. The van der Waals surface area contributed by atoms with Crippen molar-refractivity contribution < 1.29 is 4.79 Å². The van der Waals surface area contributed by atoms with E-state index < -0.39 is 0 Å². The molecule has 2 N–H and O–H groups in total. The Hall–Kier alpha value is -1.35. The first kappa shape index (κ1) is 8.92. The molecule has 2 unspecified atom stereocenters. The van der Waals surface area contributed by atoms with Crippen LogP contribution < -0.4 is 10.6 Å². The number of hydrogen-bond acceptors (Lipinski definition) is 2. The second kappa shape index (κ2) is 2.83. The lowest BCUT2D eigenvalue weighted by Gasteiger charge is -2.10. The zero-order valence-electron chi connectivity index (χ0n) is 8.73. The quantitative estimate of drug-likeness (QED) is 0.739. The number of carbonyl (C=O) groups is 1. The largest absolute Gasteiger partial charge is 0.327 e. The van der Waals surface area contributed by atoms with Crippen LogP contribution in [0, 0.1) is 0 Å². The van der Waals surface area contributed by atoms with Gasteiger partial charge in [0.2, 0.25) is 5.91 Å². The van der Waals surface area contributed by atoms with E-state index in [1.54, 1.807) is 4.90 Å². The summed E-state index contributed by atoms with van der Waals surface area (Å²) in [5, 5.41) is 0. The van der Waals surface area contributed by atoms with Crippen LogP contribution in [0.25, 0.3) is 0 Å². The number of hydrogen-bond donors (Lipinski definition) is 1. The molecule has 2 atom stereocenters. The van der Waals surface area contributed by atoms with Crippen LogP contribution in [0.3, 0.4) is 0 Å². The van der Waals surface area contributed by atoms with Gasteiger partial charge in [0.05, 0.1) is 6.42 Å². The molecule has 1 amide bonds. The summed E-state index contributed by atoms with van der Waals surface area (Å²) in [7, 11) is 1.83. The zero-order chi connectivity index (χ0) is 10.6. The Bertz CT molecular complexity index is 441. The average molecular weight is 202 g/mol. The maximum Gasteiger partial charge on any atom is 0.231 e. The average Bonchev–Trinajstić information content (AvgIpc) is 2.87. The summed E-state index contributed by atoms with van der Waals surface area (Å²) in [6.07, 6.45) is 1.63. The lowest BCUT2D eigenvalue weighted by molar-refractivity contribution is -0.117. The van der Waals surface area contributed by atoms with Crippen molar-refractivity contribution in [2.75, 3.05) is 11.9 Å². The lowest BCUT2D eigenvalue weighted by atomic mass is 10.0. The molecule has 0 bridgehead atoms. The third kappa shape index (κ3) is 1.27. The first-order valence-corrected chi connectivity index (χ1v) is 5.32. The second-order valence-electron chi connectivity index (χ2n) is 4.52. The van der Waals surface area contributed by atoms with Crippen LogP contribution >= 0.6 is 0 Å². The fourth-order valence-corrected chi connectivity index (χ4v) is 2.32. The maximum absolute atomic E-state index is 11.5. The van der Waals surface area contributed by atoms with Crippen molar-refractivity contribution in [2.45, 2.75) is 24.8 Å². The van der Waals surface area contributed by atoms with Crippen molar-refractivity contribution >= 4 is 11.6 Å². The van der Waals surface area contributed by atoms with Gasteiger partial charge in [0, 0.05) is 24.7 Å². The van der Waals surface area contributed by atoms with Crippen LogP contribution in [0.4, 0.5) is 5.69 Å². The minimum atomic E-state index is 0.183. The number of nitrogens with two attached hydrogens (primary N) is 1. The van der Waals surface area contributed by atoms with Gasteiger partial charge < -0.3 is 10.6 Å². The standard InChI is InChI=1S/C12H14N2O/c1-14-11-3-2-7(9-6-10(9)13)4-8(11)5-12(14)15/h2-4,9-10H,5-6,13H2,1H3. The summed E-state index contributed by atoms with van der Waals surface area (Å²) in [6.45, 7) is 0. The van der Waals surface area contributed by atoms with E-state index in [4.69, 9.17) is 5.73 Å². The molecule has 1 fully saturated rings. The highest BCUT2D eigenvalue weighted by Crippen LogP contribution is 2.41. The third-order valence-electron chi connectivity index (χ3n) is 3.45. The van der Waals surface area contributed by atoms with Crippen molar-refractivity contribution in [3.8, 4) is 0 Å². The van der Waals surface area contributed by atoms with E-state index in [1.807, 2.05) is 13.1 Å². The van der Waals surface area contributed by atoms with Gasteiger partial charge in [0.25, 0.3) is 0 Å². The number of benzene rings is 1. The van der Waals surface area contributed by atoms with Crippen LogP contribution in [0.2, 0.25) is 0 Å². The van der Waals surface area contributed by atoms with Gasteiger partial charge in [-0.15, -0.1) is 0 Å². The number of nitrogens with zero attached hydrogens (tertiary/aromatic N) is 1. The molecular weight excluding hydrogens is 188 g/mol. The number of carbonyl (C=O) groups excluding carboxylic acids is 1. The fraction of sp³-hybridized carbons (Fsp3) is 0.417. The predicted molar refractivity (Wildman–Crippen MR) is 58.9 cm³/mol. The molecule has 1 saturated carbocycles. The summed E-state index contributed by atoms with van der Waals surface area (Å²) >= 11 is 0. The maximum atomic E-state index is 11.5. The van der Waals surface area contributed by atoms with E-state index in [0.29, 0.717) is 18.4 Å². The summed E-state index contributed by atoms with van der Waals surface area (Å²) in [6, 6.07) is 6.62. The molecule has 0 saturated heterocycles. The molecule has 0 spiro atoms. The van der Waals surface area contributed by atoms with Crippen molar-refractivity contribution in [1.29, 1.82) is 0 Å². The van der Waals surface area contributed by atoms with E-state index in [0.717, 1.165) is 17.7 Å². The van der Waals surface area contributed by atoms with Gasteiger partial charge in [-0.2, -0.15) is 0 Å². The minimum Gasteiger partial charge on any atom is -0.327 e. The van der Waals surface area contributed by atoms with Crippen LogP contribution in [0.15, 0.2) is 18.2 Å². The van der Waals surface area contributed by atoms with Crippen LogP contribution in [-0.2, 0) is 11.2 Å². The van der Waals surface area contributed by atoms with E-state index in [1.165, 1.54) is 5.56 Å². The first-order chi connectivity index (χ1) is 7.16. The Morgan fingerprint density at radius 1 is 1.47 bits per heavy atom. The van der Waals surface area contributed by atoms with E-state index in [-0.39, 0.29) is 5.91 Å². The molecule has 1 aliphatic carbocycles. The Morgan fingerprint density at radius 2 is 2.20 bits per heavy atom. The molecule has 78 valence electrons. The van der Waals surface area contributed by atoms with Crippen LogP contribution in [0.5, 0.6) is 0 Å². The van der Waals surface area contributed by atoms with Gasteiger partial charge in [0.15, 0.2) is 0 Å². The topological polar surface area (TPSA) is 46.3 Å². The molecule has 3 heteroatoms. The Kier molecular flexibility index (Phi) is 1.68. The van der Waals surface area contributed by atoms with Crippen molar-refractivity contribution in [2.24, 2.45) is 5.73 Å². The van der Waals surface area contributed by atoms with Gasteiger partial charge in [0.1, 0.15) is 0 Å². The summed E-state index contributed by atoms with van der Waals surface area (Å²) in [5.41, 5.74) is 9.32. The number of likely N-dealkylation sites (N-methyl/N-ethyl adjacent to an activating group) is 1. The third-order valence-corrected chi connectivity index (χ3v) is 3.45. The molecule has 1 aromatic carbocycles. The fourth-order valence-electron chi connectivity index (χ4n) is 2.32. The molecule has 0 aromatic heterocycles. The zero-order valence-corrected chi connectivity index (χ0v) is 8.73. The van der Waals surface area contributed by atoms with Crippen molar-refractivity contribution in [3.05, 3.63) is 29.3 Å². The van der Waals surface area contributed by atoms with E-state index in [2.05, 4.69) is 12.1 Å². The number of amides is 1. The highest BCUT2D eigenvalue weighted by molar-refractivity contribution is 6.00. The molecule has 1 aliphatic heterocycles. The minimum absolute atomic E-state index is 0.183. The second-order valence-corrected chi connectivity index (χ2v) is 4.52. The molecule has 15 heavy (non-hydrogen) atoms. The van der Waals surface area contributed by atoms with Gasteiger partial charge in [-0.25, -0.2) is 0 Å². The summed E-state index contributed by atoms with van der Waals surface area (Å²) in [5.74, 6) is 0.707. The Balaban J connectivity index is 1.98. The predicted octanol–water partition coefficient (Wildman–Crippen LogP) is 1.02. The molecule has 3 nitrogen and oxygen atoms in total. The van der Waals surface area contributed by atoms with Crippen molar-refractivity contribution in [1.82, 2.24) is 0 Å². The smallest absolute Gasteiger partial charge is 0.231 e. The Morgan fingerprint density at radius 3 is 2.87 bits per heavy atom. The van der Waals surface area contributed by atoms with E-state index >= 15 is 0 Å². The Labute approximate surface area is 88.9 Å². The lowest BCUT2D eigenvalue weighted by Crippen LogP contribution is -2.20. The highest BCUT2D eigenvalue weighted by Gasteiger charge is 2.36.